The Morgan fingerprint density at radius 3 is 2.44 bits per heavy atom. The van der Waals surface area contributed by atoms with Crippen molar-refractivity contribution in [3.8, 4) is 0 Å². The zero-order valence-corrected chi connectivity index (χ0v) is 26.5. The molecule has 0 aliphatic heterocycles. The largest absolute Gasteiger partial charge is 0.393 e. The number of hydrogen-bond acceptors (Lipinski definition) is 7. The second-order valence-electron chi connectivity index (χ2n) is 14.7. The smallest absolute Gasteiger partial charge is 0.264 e. The SMILES string of the molecule is CC(CCC(=O)NCCCN(C)CCCS(=O)(=O)O)[C@H]1CCC2C3C(C[C@@H](O)[C@@]21C)[C@@]1(C)CC[C@H](O)CC1C[C@@H]3O. The molecule has 10 heteroatoms. The molecule has 0 saturated heterocycles. The Morgan fingerprint density at radius 2 is 1.73 bits per heavy atom. The van der Waals surface area contributed by atoms with Gasteiger partial charge in [-0.3, -0.25) is 9.35 Å². The molecule has 5 N–H and O–H groups in total. The van der Waals surface area contributed by atoms with Crippen molar-refractivity contribution < 1.29 is 33.1 Å². The third-order valence-electron chi connectivity index (χ3n) is 12.3. The number of amides is 1. The molecule has 41 heavy (non-hydrogen) atoms. The Bertz CT molecular complexity index is 1010. The van der Waals surface area contributed by atoms with Gasteiger partial charge in [0.1, 0.15) is 0 Å². The van der Waals surface area contributed by atoms with Gasteiger partial charge in [0.2, 0.25) is 5.91 Å². The Kier molecular flexibility index (Phi) is 10.6. The molecule has 0 aromatic heterocycles. The molecule has 4 aliphatic carbocycles. The third kappa shape index (κ3) is 7.14. The predicted octanol–water partition coefficient (Wildman–Crippen LogP) is 3.08. The first-order valence-electron chi connectivity index (χ1n) is 16.1. The van der Waals surface area contributed by atoms with Crippen molar-refractivity contribution in [1.29, 1.82) is 0 Å². The minimum atomic E-state index is -3.92. The van der Waals surface area contributed by atoms with Crippen molar-refractivity contribution in [1.82, 2.24) is 10.2 Å². The van der Waals surface area contributed by atoms with E-state index in [0.29, 0.717) is 49.6 Å². The fourth-order valence-electron chi connectivity index (χ4n) is 9.99. The average Bonchev–Trinajstić information content (AvgIpc) is 3.24. The van der Waals surface area contributed by atoms with Gasteiger partial charge in [0, 0.05) is 13.0 Å². The second-order valence-corrected chi connectivity index (χ2v) is 16.3. The van der Waals surface area contributed by atoms with Gasteiger partial charge in [-0.05, 0) is 131 Å². The fourth-order valence-corrected chi connectivity index (χ4v) is 10.5. The van der Waals surface area contributed by atoms with Crippen molar-refractivity contribution >= 4 is 16.0 Å². The Balaban J connectivity index is 1.26. The number of nitrogens with zero attached hydrogens (tertiary/aromatic N) is 1. The van der Waals surface area contributed by atoms with Gasteiger partial charge in [0.25, 0.3) is 10.1 Å². The summed E-state index contributed by atoms with van der Waals surface area (Å²) in [5.74, 6) is 1.51. The van der Waals surface area contributed by atoms with E-state index in [1.54, 1.807) is 0 Å². The quantitative estimate of drug-likeness (QED) is 0.170. The van der Waals surface area contributed by atoms with E-state index in [1.165, 1.54) is 0 Å². The summed E-state index contributed by atoms with van der Waals surface area (Å²) in [6, 6.07) is 0. The van der Waals surface area contributed by atoms with Crippen LogP contribution in [0.1, 0.15) is 91.4 Å². The van der Waals surface area contributed by atoms with Crippen LogP contribution in [-0.4, -0.2) is 89.8 Å². The molecule has 0 bridgehead atoms. The molecule has 1 amide bonds. The molecule has 238 valence electrons. The van der Waals surface area contributed by atoms with E-state index in [2.05, 4.69) is 26.1 Å². The number of aliphatic hydroxyl groups excluding tert-OH is 3. The van der Waals surface area contributed by atoms with Crippen LogP contribution in [0.4, 0.5) is 0 Å². The molecule has 5 unspecified atom stereocenters. The predicted molar refractivity (Wildman–Crippen MR) is 159 cm³/mol. The lowest BCUT2D eigenvalue weighted by atomic mass is 9.43. The molecule has 4 rings (SSSR count). The molecular weight excluding hydrogens is 544 g/mol. The maximum atomic E-state index is 12.6. The van der Waals surface area contributed by atoms with Gasteiger partial charge < -0.3 is 25.5 Å². The number of rotatable bonds is 12. The number of hydrogen-bond donors (Lipinski definition) is 5. The molecule has 11 atom stereocenters. The Hall–Kier alpha value is -0.780. The molecule has 0 spiro atoms. The first kappa shape index (κ1) is 33.1. The first-order chi connectivity index (χ1) is 19.2. The van der Waals surface area contributed by atoms with Gasteiger partial charge in [0.15, 0.2) is 0 Å². The van der Waals surface area contributed by atoms with E-state index in [-0.39, 0.29) is 46.5 Å². The van der Waals surface area contributed by atoms with E-state index in [0.717, 1.165) is 64.3 Å². The van der Waals surface area contributed by atoms with E-state index in [9.17, 15) is 28.5 Å². The van der Waals surface area contributed by atoms with Crippen LogP contribution < -0.4 is 5.32 Å². The van der Waals surface area contributed by atoms with Crippen molar-refractivity contribution in [2.24, 2.45) is 46.3 Å². The van der Waals surface area contributed by atoms with Crippen LogP contribution in [0.15, 0.2) is 0 Å². The molecule has 0 aromatic rings. The van der Waals surface area contributed by atoms with Crippen LogP contribution in [0, 0.1) is 46.3 Å². The van der Waals surface area contributed by atoms with Crippen molar-refractivity contribution in [3.63, 3.8) is 0 Å². The van der Waals surface area contributed by atoms with Gasteiger partial charge >= 0.3 is 0 Å². The summed E-state index contributed by atoms with van der Waals surface area (Å²) in [6.07, 6.45) is 7.41. The molecule has 0 aromatic carbocycles. The maximum absolute atomic E-state index is 12.6. The summed E-state index contributed by atoms with van der Waals surface area (Å²) < 4.78 is 30.5. The summed E-state index contributed by atoms with van der Waals surface area (Å²) in [7, 11) is -2.02. The average molecular weight is 601 g/mol. The summed E-state index contributed by atoms with van der Waals surface area (Å²) in [5.41, 5.74) is -0.183. The normalized spacial score (nSPS) is 41.4. The van der Waals surface area contributed by atoms with E-state index < -0.39 is 16.2 Å². The van der Waals surface area contributed by atoms with E-state index in [1.807, 2.05) is 11.9 Å². The van der Waals surface area contributed by atoms with Gasteiger partial charge in [-0.25, -0.2) is 0 Å². The number of carbonyl (C=O) groups excluding carboxylic acids is 1. The lowest BCUT2D eigenvalue weighted by Gasteiger charge is -2.63. The number of fused-ring (bicyclic) bond motifs is 5. The summed E-state index contributed by atoms with van der Waals surface area (Å²) in [4.78, 5) is 14.6. The molecular formula is C31H56N2O7S. The minimum Gasteiger partial charge on any atom is -0.393 e. The topological polar surface area (TPSA) is 147 Å². The lowest BCUT2D eigenvalue weighted by Crippen LogP contribution is -2.62. The van der Waals surface area contributed by atoms with Crippen molar-refractivity contribution in [2.75, 3.05) is 32.4 Å². The van der Waals surface area contributed by atoms with Gasteiger partial charge in [-0.2, -0.15) is 8.42 Å². The van der Waals surface area contributed by atoms with Crippen molar-refractivity contribution in [2.45, 2.75) is 110 Å². The highest BCUT2D eigenvalue weighted by Crippen LogP contribution is 2.68. The molecule has 0 heterocycles. The molecule has 4 fully saturated rings. The van der Waals surface area contributed by atoms with Crippen LogP contribution >= 0.6 is 0 Å². The number of aliphatic hydroxyl groups is 3. The summed E-state index contributed by atoms with van der Waals surface area (Å²) in [5, 5.41) is 36.5. The first-order valence-corrected chi connectivity index (χ1v) is 17.7. The highest BCUT2D eigenvalue weighted by Gasteiger charge is 2.65. The Labute approximate surface area is 247 Å². The molecule has 0 radical (unpaired) electrons. The van der Waals surface area contributed by atoms with Crippen LogP contribution in [0.3, 0.4) is 0 Å². The van der Waals surface area contributed by atoms with Crippen LogP contribution in [0.2, 0.25) is 0 Å². The zero-order valence-electron chi connectivity index (χ0n) is 25.7. The van der Waals surface area contributed by atoms with E-state index in [4.69, 9.17) is 4.55 Å². The molecule has 4 saturated carbocycles. The molecule has 9 nitrogen and oxygen atoms in total. The van der Waals surface area contributed by atoms with Crippen LogP contribution in [0.25, 0.3) is 0 Å². The van der Waals surface area contributed by atoms with Gasteiger partial charge in [0.05, 0.1) is 24.1 Å². The zero-order chi connectivity index (χ0) is 30.2. The highest BCUT2D eigenvalue weighted by molar-refractivity contribution is 7.85. The maximum Gasteiger partial charge on any atom is 0.264 e. The summed E-state index contributed by atoms with van der Waals surface area (Å²) >= 11 is 0. The number of carbonyl (C=O) groups is 1. The standard InChI is InChI=1S/C31H56N2O7S/c1-20(7-10-28(37)32-13-5-14-33(4)15-6-16-41(38,39)40)23-8-9-24-29-25(19-27(36)31(23,24)3)30(2)12-11-22(34)17-21(30)18-26(29)35/h20-27,29,34-36H,5-19H2,1-4H3,(H,32,37)(H,38,39,40)/t20?,21?,22-,23+,24?,25?,26-,27+,29?,30-,31+/m0/s1. The Morgan fingerprint density at radius 1 is 1.02 bits per heavy atom. The highest BCUT2D eigenvalue weighted by atomic mass is 32.2. The monoisotopic (exact) mass is 600 g/mol. The van der Waals surface area contributed by atoms with Crippen LogP contribution in [-0.2, 0) is 14.9 Å². The van der Waals surface area contributed by atoms with Crippen LogP contribution in [0.5, 0.6) is 0 Å². The molecule has 4 aliphatic rings. The van der Waals surface area contributed by atoms with E-state index >= 15 is 0 Å². The lowest BCUT2D eigenvalue weighted by molar-refractivity contribution is -0.207. The summed E-state index contributed by atoms with van der Waals surface area (Å²) in [6.45, 7) is 8.71. The third-order valence-corrected chi connectivity index (χ3v) is 13.1. The number of nitrogens with one attached hydrogen (secondary N) is 1. The minimum absolute atomic E-state index is 0.0380. The fraction of sp³-hybridized carbons (Fsp3) is 0.968. The second kappa shape index (κ2) is 13.1. The van der Waals surface area contributed by atoms with Crippen molar-refractivity contribution in [3.05, 3.63) is 0 Å². The van der Waals surface area contributed by atoms with Gasteiger partial charge in [-0.15, -0.1) is 0 Å². The van der Waals surface area contributed by atoms with Gasteiger partial charge in [-0.1, -0.05) is 20.8 Å².